The molecule has 2 N–H and O–H groups in total. The van der Waals surface area contributed by atoms with E-state index in [0.29, 0.717) is 18.0 Å². The highest BCUT2D eigenvalue weighted by Crippen LogP contribution is 2.17. The minimum atomic E-state index is -0.358. The topological polar surface area (TPSA) is 67.9 Å². The van der Waals surface area contributed by atoms with Gasteiger partial charge in [0.15, 0.2) is 0 Å². The van der Waals surface area contributed by atoms with Crippen molar-refractivity contribution in [3.63, 3.8) is 0 Å². The monoisotopic (exact) mass is 223 g/mol. The van der Waals surface area contributed by atoms with Gasteiger partial charge >= 0.3 is 0 Å². The Labute approximate surface area is 94.9 Å². The first-order valence-electron chi connectivity index (χ1n) is 5.61. The molecule has 5 heteroatoms. The Morgan fingerprint density at radius 2 is 2.31 bits per heavy atom. The molecular weight excluding hydrogens is 206 g/mol. The summed E-state index contributed by atoms with van der Waals surface area (Å²) < 4.78 is 5.31. The molecule has 0 aromatic heterocycles. The zero-order chi connectivity index (χ0) is 11.4. The standard InChI is InChI=1S/C11H17N3O2/c12-11(15)10-1-4-13-14(8-10)7-9-2-5-16-6-3-9/h1,4,9H,2-3,5-8H2,(H2,12,15). The van der Waals surface area contributed by atoms with Crippen LogP contribution < -0.4 is 5.73 Å². The van der Waals surface area contributed by atoms with Gasteiger partial charge < -0.3 is 10.5 Å². The second-order valence-electron chi connectivity index (χ2n) is 4.22. The van der Waals surface area contributed by atoms with Crippen LogP contribution >= 0.6 is 0 Å². The predicted molar refractivity (Wildman–Crippen MR) is 60.9 cm³/mol. The fraction of sp³-hybridized carbons (Fsp3) is 0.636. The van der Waals surface area contributed by atoms with Crippen molar-refractivity contribution in [1.82, 2.24) is 5.01 Å². The largest absolute Gasteiger partial charge is 0.381 e. The minimum absolute atomic E-state index is 0.358. The Morgan fingerprint density at radius 1 is 1.56 bits per heavy atom. The number of ether oxygens (including phenoxy) is 1. The van der Waals surface area contributed by atoms with E-state index >= 15 is 0 Å². The fourth-order valence-electron chi connectivity index (χ4n) is 2.01. The van der Waals surface area contributed by atoms with Crippen molar-refractivity contribution in [1.29, 1.82) is 0 Å². The van der Waals surface area contributed by atoms with E-state index in [1.165, 1.54) is 0 Å². The number of rotatable bonds is 3. The lowest BCUT2D eigenvalue weighted by molar-refractivity contribution is -0.114. The number of nitrogens with two attached hydrogens (primary N) is 1. The van der Waals surface area contributed by atoms with E-state index in [2.05, 4.69) is 5.10 Å². The van der Waals surface area contributed by atoms with Crippen LogP contribution in [-0.2, 0) is 9.53 Å². The van der Waals surface area contributed by atoms with E-state index in [-0.39, 0.29) is 5.91 Å². The zero-order valence-electron chi connectivity index (χ0n) is 9.26. The van der Waals surface area contributed by atoms with Gasteiger partial charge in [-0.05, 0) is 24.8 Å². The highest BCUT2D eigenvalue weighted by molar-refractivity contribution is 5.97. The number of nitrogens with zero attached hydrogens (tertiary/aromatic N) is 2. The number of hydrogen-bond acceptors (Lipinski definition) is 4. The fourth-order valence-corrected chi connectivity index (χ4v) is 2.01. The molecule has 2 aliphatic rings. The molecule has 0 bridgehead atoms. The third kappa shape index (κ3) is 2.82. The molecule has 5 nitrogen and oxygen atoms in total. The van der Waals surface area contributed by atoms with Crippen LogP contribution in [0.1, 0.15) is 12.8 Å². The summed E-state index contributed by atoms with van der Waals surface area (Å²) in [7, 11) is 0. The van der Waals surface area contributed by atoms with Gasteiger partial charge in [-0.3, -0.25) is 9.80 Å². The van der Waals surface area contributed by atoms with Gasteiger partial charge in [-0.2, -0.15) is 5.10 Å². The SMILES string of the molecule is NC(=O)C1=CC=NN(CC2CCOCC2)C1. The summed E-state index contributed by atoms with van der Waals surface area (Å²) >= 11 is 0. The van der Waals surface area contributed by atoms with Crippen molar-refractivity contribution in [2.45, 2.75) is 12.8 Å². The van der Waals surface area contributed by atoms with Crippen molar-refractivity contribution in [2.75, 3.05) is 26.3 Å². The number of carbonyl (C=O) groups excluding carboxylic acids is 1. The first-order chi connectivity index (χ1) is 7.75. The van der Waals surface area contributed by atoms with Gasteiger partial charge in [0.2, 0.25) is 5.91 Å². The maximum absolute atomic E-state index is 11.0. The number of primary amides is 1. The van der Waals surface area contributed by atoms with Crippen LogP contribution in [0.3, 0.4) is 0 Å². The summed E-state index contributed by atoms with van der Waals surface area (Å²) in [6.45, 7) is 3.08. The van der Waals surface area contributed by atoms with Crippen LogP contribution in [0, 0.1) is 5.92 Å². The summed E-state index contributed by atoms with van der Waals surface area (Å²) in [5.74, 6) is 0.251. The van der Waals surface area contributed by atoms with E-state index in [9.17, 15) is 4.79 Å². The quantitative estimate of drug-likeness (QED) is 0.739. The molecule has 2 rings (SSSR count). The summed E-state index contributed by atoms with van der Waals surface area (Å²) in [5, 5.41) is 6.15. The summed E-state index contributed by atoms with van der Waals surface area (Å²) in [5.41, 5.74) is 5.87. The number of hydrazone groups is 1. The molecular formula is C11H17N3O2. The Morgan fingerprint density at radius 3 is 3.00 bits per heavy atom. The molecule has 0 aromatic carbocycles. The van der Waals surface area contributed by atoms with E-state index in [1.54, 1.807) is 12.3 Å². The van der Waals surface area contributed by atoms with Crippen LogP contribution in [0.4, 0.5) is 0 Å². The highest BCUT2D eigenvalue weighted by atomic mass is 16.5. The molecule has 0 aliphatic carbocycles. The molecule has 2 heterocycles. The van der Waals surface area contributed by atoms with Gasteiger partial charge in [-0.15, -0.1) is 0 Å². The van der Waals surface area contributed by atoms with E-state index < -0.39 is 0 Å². The smallest absolute Gasteiger partial charge is 0.246 e. The minimum Gasteiger partial charge on any atom is -0.381 e. The molecule has 0 spiro atoms. The summed E-state index contributed by atoms with van der Waals surface area (Å²) in [4.78, 5) is 11.0. The molecule has 0 atom stereocenters. The van der Waals surface area contributed by atoms with Crippen molar-refractivity contribution in [3.05, 3.63) is 11.6 Å². The molecule has 0 unspecified atom stereocenters. The lowest BCUT2D eigenvalue weighted by Crippen LogP contribution is -2.34. The molecule has 0 radical (unpaired) electrons. The van der Waals surface area contributed by atoms with E-state index in [4.69, 9.17) is 10.5 Å². The van der Waals surface area contributed by atoms with Crippen LogP contribution in [0.5, 0.6) is 0 Å². The van der Waals surface area contributed by atoms with Gasteiger partial charge in [-0.1, -0.05) is 0 Å². The Bertz CT molecular complexity index is 319. The zero-order valence-corrected chi connectivity index (χ0v) is 9.26. The first kappa shape index (κ1) is 11.1. The Kier molecular flexibility index (Phi) is 3.56. The van der Waals surface area contributed by atoms with Gasteiger partial charge in [0.05, 0.1) is 6.54 Å². The molecule has 2 aliphatic heterocycles. The van der Waals surface area contributed by atoms with Gasteiger partial charge in [0.25, 0.3) is 0 Å². The molecule has 1 fully saturated rings. The van der Waals surface area contributed by atoms with Gasteiger partial charge in [-0.25, -0.2) is 0 Å². The van der Waals surface area contributed by atoms with Crippen LogP contribution in [-0.4, -0.2) is 43.4 Å². The highest BCUT2D eigenvalue weighted by Gasteiger charge is 2.19. The molecule has 1 amide bonds. The predicted octanol–water partition coefficient (Wildman–Crippen LogP) is 0.126. The van der Waals surface area contributed by atoms with Crippen molar-refractivity contribution in [3.8, 4) is 0 Å². The third-order valence-electron chi connectivity index (χ3n) is 2.98. The lowest BCUT2D eigenvalue weighted by atomic mass is 10.00. The van der Waals surface area contributed by atoms with Gasteiger partial charge in [0, 0.05) is 31.5 Å². The first-order valence-corrected chi connectivity index (χ1v) is 5.61. The molecule has 0 saturated carbocycles. The number of allylic oxidation sites excluding steroid dienone is 1. The Balaban J connectivity index is 1.85. The second-order valence-corrected chi connectivity index (χ2v) is 4.22. The van der Waals surface area contributed by atoms with Crippen molar-refractivity contribution < 1.29 is 9.53 Å². The van der Waals surface area contributed by atoms with Gasteiger partial charge in [0.1, 0.15) is 0 Å². The van der Waals surface area contributed by atoms with E-state index in [1.807, 2.05) is 5.01 Å². The lowest BCUT2D eigenvalue weighted by Gasteiger charge is -2.29. The van der Waals surface area contributed by atoms with Crippen molar-refractivity contribution >= 4 is 12.1 Å². The second kappa shape index (κ2) is 5.12. The number of carbonyl (C=O) groups is 1. The normalized spacial score (nSPS) is 22.0. The average molecular weight is 223 g/mol. The number of hydrogen-bond donors (Lipinski definition) is 1. The van der Waals surface area contributed by atoms with Crippen LogP contribution in [0.15, 0.2) is 16.8 Å². The molecule has 0 aromatic rings. The number of amides is 1. The van der Waals surface area contributed by atoms with Crippen molar-refractivity contribution in [2.24, 2.45) is 16.8 Å². The third-order valence-corrected chi connectivity index (χ3v) is 2.98. The maximum atomic E-state index is 11.0. The van der Waals surface area contributed by atoms with Crippen LogP contribution in [0.2, 0.25) is 0 Å². The van der Waals surface area contributed by atoms with Crippen LogP contribution in [0.25, 0.3) is 0 Å². The van der Waals surface area contributed by atoms with E-state index in [0.717, 1.165) is 32.6 Å². The maximum Gasteiger partial charge on any atom is 0.246 e. The average Bonchev–Trinajstić information content (AvgIpc) is 2.30. The molecule has 16 heavy (non-hydrogen) atoms. The summed E-state index contributed by atoms with van der Waals surface area (Å²) in [6, 6.07) is 0. The Hall–Kier alpha value is -1.36. The molecule has 1 saturated heterocycles. The molecule has 88 valence electrons. The summed E-state index contributed by atoms with van der Waals surface area (Å²) in [6.07, 6.45) is 5.47.